The van der Waals surface area contributed by atoms with Crippen molar-refractivity contribution in [3.8, 4) is 5.75 Å². The summed E-state index contributed by atoms with van der Waals surface area (Å²) in [6, 6.07) is 15.1. The molecule has 2 aromatic carbocycles. The number of amidine groups is 1. The molecule has 1 saturated heterocycles. The Labute approximate surface area is 248 Å². The van der Waals surface area contributed by atoms with Crippen molar-refractivity contribution in [2.75, 3.05) is 51.1 Å². The minimum atomic E-state index is -0.150. The standard InChI is InChI=1S/C30H33N5O4S2/c1-6-31-23-11-9-20(19(2)36)16-24(23)32-30-35(18-22-8-7-14-38-22)28(37)27(41-30)29-34(5)25-17-21(10-12-26(25)40-29)39-15-13-33(3)4/h7-12,14,16-17,31H,6,13,15,18H2,1-5H3/b29-27-,32-30?. The third-order valence-electron chi connectivity index (χ3n) is 6.55. The zero-order chi connectivity index (χ0) is 29.1. The molecule has 9 nitrogen and oxygen atoms in total. The molecule has 0 atom stereocenters. The van der Waals surface area contributed by atoms with Crippen molar-refractivity contribution in [2.24, 2.45) is 4.99 Å². The molecule has 1 N–H and O–H groups in total. The van der Waals surface area contributed by atoms with Gasteiger partial charge in [-0.15, -0.1) is 0 Å². The lowest BCUT2D eigenvalue weighted by Gasteiger charge is -2.17. The number of nitrogens with one attached hydrogen (secondary N) is 1. The number of aliphatic imine (C=N–C) groups is 1. The number of rotatable bonds is 10. The van der Waals surface area contributed by atoms with E-state index in [4.69, 9.17) is 14.1 Å². The molecular formula is C30H33N5O4S2. The number of carbonyl (C=O) groups is 2. The number of amides is 1. The quantitative estimate of drug-likeness (QED) is 0.224. The first-order chi connectivity index (χ1) is 19.7. The lowest BCUT2D eigenvalue weighted by Crippen LogP contribution is -2.29. The summed E-state index contributed by atoms with van der Waals surface area (Å²) in [6.07, 6.45) is 1.59. The summed E-state index contributed by atoms with van der Waals surface area (Å²) in [5, 5.41) is 4.66. The van der Waals surface area contributed by atoms with Crippen molar-refractivity contribution in [3.05, 3.63) is 76.1 Å². The number of hydrogen-bond donors (Lipinski definition) is 1. The largest absolute Gasteiger partial charge is 0.492 e. The fourth-order valence-corrected chi connectivity index (χ4v) is 6.68. The highest BCUT2D eigenvalue weighted by atomic mass is 32.2. The zero-order valence-electron chi connectivity index (χ0n) is 23.8. The molecule has 41 heavy (non-hydrogen) atoms. The Morgan fingerprint density at radius 1 is 1.15 bits per heavy atom. The number of carbonyl (C=O) groups excluding carboxylic acids is 2. The van der Waals surface area contributed by atoms with Crippen LogP contribution in [0.2, 0.25) is 0 Å². The highest BCUT2D eigenvalue weighted by Gasteiger charge is 2.40. The van der Waals surface area contributed by atoms with E-state index >= 15 is 0 Å². The number of Topliss-reactive ketones (excluding diaryl/α,β-unsaturated/α-hetero) is 1. The van der Waals surface area contributed by atoms with E-state index in [9.17, 15) is 9.59 Å². The first kappa shape index (κ1) is 28.8. The van der Waals surface area contributed by atoms with E-state index in [-0.39, 0.29) is 18.2 Å². The third kappa shape index (κ3) is 6.32. The molecule has 0 spiro atoms. The smallest absolute Gasteiger partial charge is 0.269 e. The SMILES string of the molecule is CCNc1ccc(C(C)=O)cc1N=C1S/C(=C2\Sc3ccc(OCCN(C)C)cc3N2C)C(=O)N1Cc1ccco1. The average Bonchev–Trinajstić information content (AvgIpc) is 3.65. The highest BCUT2D eigenvalue weighted by Crippen LogP contribution is 2.51. The molecule has 0 radical (unpaired) electrons. The fourth-order valence-electron chi connectivity index (χ4n) is 4.36. The summed E-state index contributed by atoms with van der Waals surface area (Å²) in [5.74, 6) is 1.24. The molecule has 5 rings (SSSR count). The van der Waals surface area contributed by atoms with E-state index in [0.717, 1.165) is 33.6 Å². The van der Waals surface area contributed by atoms with Gasteiger partial charge in [-0.05, 0) is 82.2 Å². The van der Waals surface area contributed by atoms with Gasteiger partial charge in [-0.2, -0.15) is 0 Å². The molecule has 1 fully saturated rings. The van der Waals surface area contributed by atoms with E-state index in [1.54, 1.807) is 41.1 Å². The zero-order valence-corrected chi connectivity index (χ0v) is 25.4. The number of anilines is 2. The summed E-state index contributed by atoms with van der Waals surface area (Å²) in [4.78, 5) is 38.4. The van der Waals surface area contributed by atoms with Gasteiger partial charge in [0.15, 0.2) is 11.0 Å². The van der Waals surface area contributed by atoms with Crippen molar-refractivity contribution in [1.82, 2.24) is 9.80 Å². The van der Waals surface area contributed by atoms with E-state index in [1.165, 1.54) is 18.7 Å². The van der Waals surface area contributed by atoms with Gasteiger partial charge in [0.25, 0.3) is 5.91 Å². The van der Waals surface area contributed by atoms with Gasteiger partial charge in [0.2, 0.25) is 0 Å². The lowest BCUT2D eigenvalue weighted by atomic mass is 10.1. The van der Waals surface area contributed by atoms with Gasteiger partial charge < -0.3 is 24.3 Å². The molecule has 0 bridgehead atoms. The van der Waals surface area contributed by atoms with E-state index < -0.39 is 0 Å². The molecule has 11 heteroatoms. The van der Waals surface area contributed by atoms with Gasteiger partial charge in [0, 0.05) is 36.7 Å². The molecule has 0 aliphatic carbocycles. The molecule has 0 saturated carbocycles. The Balaban J connectivity index is 1.51. The Morgan fingerprint density at radius 3 is 2.68 bits per heavy atom. The van der Waals surface area contributed by atoms with E-state index in [2.05, 4.69) is 10.2 Å². The summed E-state index contributed by atoms with van der Waals surface area (Å²) in [7, 11) is 5.99. The lowest BCUT2D eigenvalue weighted by molar-refractivity contribution is -0.122. The minimum Gasteiger partial charge on any atom is -0.492 e. The Bertz CT molecular complexity index is 1520. The molecule has 1 aromatic heterocycles. The second kappa shape index (κ2) is 12.5. The molecule has 3 heterocycles. The van der Waals surface area contributed by atoms with Crippen LogP contribution in [0.1, 0.15) is 30.0 Å². The van der Waals surface area contributed by atoms with Gasteiger partial charge in [-0.3, -0.25) is 14.5 Å². The maximum atomic E-state index is 14.0. The monoisotopic (exact) mass is 591 g/mol. The van der Waals surface area contributed by atoms with Crippen molar-refractivity contribution < 1.29 is 18.7 Å². The fraction of sp³-hybridized carbons (Fsp3) is 0.300. The Hall–Kier alpha value is -3.67. The van der Waals surface area contributed by atoms with Gasteiger partial charge in [0.05, 0.1) is 34.9 Å². The molecular weight excluding hydrogens is 558 g/mol. The maximum Gasteiger partial charge on any atom is 0.269 e. The maximum absolute atomic E-state index is 14.0. The van der Waals surface area contributed by atoms with Crippen LogP contribution in [0.4, 0.5) is 17.1 Å². The Morgan fingerprint density at radius 2 is 1.98 bits per heavy atom. The number of hydrogen-bond acceptors (Lipinski definition) is 10. The first-order valence-corrected chi connectivity index (χ1v) is 15.0. The molecule has 1 amide bonds. The van der Waals surface area contributed by atoms with Crippen LogP contribution < -0.4 is 15.0 Å². The van der Waals surface area contributed by atoms with Crippen molar-refractivity contribution in [1.29, 1.82) is 0 Å². The number of fused-ring (bicyclic) bond motifs is 1. The molecule has 3 aromatic rings. The average molecular weight is 592 g/mol. The highest BCUT2D eigenvalue weighted by molar-refractivity contribution is 8.19. The van der Waals surface area contributed by atoms with Crippen LogP contribution in [0.5, 0.6) is 5.75 Å². The van der Waals surface area contributed by atoms with Gasteiger partial charge in [-0.1, -0.05) is 11.8 Å². The van der Waals surface area contributed by atoms with Gasteiger partial charge in [0.1, 0.15) is 23.0 Å². The number of thioether (sulfide) groups is 2. The van der Waals surface area contributed by atoms with Crippen LogP contribution in [-0.2, 0) is 11.3 Å². The predicted molar refractivity (Wildman–Crippen MR) is 166 cm³/mol. The normalized spacial score (nSPS) is 17.6. The summed E-state index contributed by atoms with van der Waals surface area (Å²) in [5.41, 5.74) is 2.93. The van der Waals surface area contributed by atoms with Crippen molar-refractivity contribution in [2.45, 2.75) is 25.3 Å². The topological polar surface area (TPSA) is 90.6 Å². The van der Waals surface area contributed by atoms with Crippen molar-refractivity contribution in [3.63, 3.8) is 0 Å². The second-order valence-electron chi connectivity index (χ2n) is 9.86. The number of likely N-dealkylation sites (N-methyl/N-ethyl adjacent to an activating group) is 1. The summed E-state index contributed by atoms with van der Waals surface area (Å²) < 4.78 is 11.5. The van der Waals surface area contributed by atoms with E-state index in [1.807, 2.05) is 63.3 Å². The van der Waals surface area contributed by atoms with Crippen LogP contribution in [0.3, 0.4) is 0 Å². The predicted octanol–water partition coefficient (Wildman–Crippen LogP) is 6.03. The van der Waals surface area contributed by atoms with Crippen molar-refractivity contribution >= 4 is 57.4 Å². The minimum absolute atomic E-state index is 0.0493. The summed E-state index contributed by atoms with van der Waals surface area (Å²) in [6.45, 7) is 5.87. The second-order valence-corrected chi connectivity index (χ2v) is 11.9. The van der Waals surface area contributed by atoms with Crippen LogP contribution in [0.25, 0.3) is 0 Å². The molecule has 0 unspecified atom stereocenters. The van der Waals surface area contributed by atoms with Gasteiger partial charge >= 0.3 is 0 Å². The van der Waals surface area contributed by atoms with Crippen LogP contribution in [-0.4, -0.2) is 67.5 Å². The number of nitrogens with zero attached hydrogens (tertiary/aromatic N) is 4. The molecule has 2 aliphatic rings. The van der Waals surface area contributed by atoms with E-state index in [0.29, 0.717) is 40.2 Å². The Kier molecular flexibility index (Phi) is 8.77. The molecule has 214 valence electrons. The number of ketones is 1. The van der Waals surface area contributed by atoms with Crippen LogP contribution in [0, 0.1) is 0 Å². The first-order valence-electron chi connectivity index (χ1n) is 13.3. The number of ether oxygens (including phenoxy) is 1. The van der Waals surface area contributed by atoms with Crippen LogP contribution in [0.15, 0.2) is 79.0 Å². The number of furan rings is 1. The number of benzene rings is 2. The van der Waals surface area contributed by atoms with Gasteiger partial charge in [-0.25, -0.2) is 4.99 Å². The third-order valence-corrected chi connectivity index (χ3v) is 8.98. The van der Waals surface area contributed by atoms with Crippen LogP contribution >= 0.6 is 23.5 Å². The molecule has 2 aliphatic heterocycles. The summed E-state index contributed by atoms with van der Waals surface area (Å²) >= 11 is 2.89.